The molecule has 20 heavy (non-hydrogen) atoms. The van der Waals surface area contributed by atoms with Gasteiger partial charge in [0.2, 0.25) is 0 Å². The highest BCUT2D eigenvalue weighted by Gasteiger charge is 2.33. The summed E-state index contributed by atoms with van der Waals surface area (Å²) in [5.74, 6) is 0. The summed E-state index contributed by atoms with van der Waals surface area (Å²) in [6.07, 6.45) is 1.35. The lowest BCUT2D eigenvalue weighted by Crippen LogP contribution is -2.46. The van der Waals surface area contributed by atoms with Crippen molar-refractivity contribution < 1.29 is 9.53 Å². The molecule has 4 heteroatoms. The van der Waals surface area contributed by atoms with Gasteiger partial charge in [0.25, 0.3) is 0 Å². The second-order valence-electron chi connectivity index (χ2n) is 6.38. The SMILES string of the molecule is CC(C)(C)OC(=O)N1CC[C@H](N)C[C@H]1c1ccccc1. The van der Waals surface area contributed by atoms with Crippen LogP contribution in [-0.4, -0.2) is 29.2 Å². The zero-order valence-corrected chi connectivity index (χ0v) is 12.5. The lowest BCUT2D eigenvalue weighted by atomic mass is 9.92. The monoisotopic (exact) mass is 276 g/mol. The number of benzene rings is 1. The summed E-state index contributed by atoms with van der Waals surface area (Å²) < 4.78 is 5.51. The van der Waals surface area contributed by atoms with Crippen molar-refractivity contribution in [1.82, 2.24) is 4.90 Å². The van der Waals surface area contributed by atoms with E-state index in [0.717, 1.165) is 18.4 Å². The molecule has 0 aromatic heterocycles. The van der Waals surface area contributed by atoms with Gasteiger partial charge in [0.15, 0.2) is 0 Å². The molecule has 1 heterocycles. The Morgan fingerprint density at radius 1 is 1.30 bits per heavy atom. The number of hydrogen-bond acceptors (Lipinski definition) is 3. The Morgan fingerprint density at radius 2 is 1.95 bits per heavy atom. The average molecular weight is 276 g/mol. The van der Waals surface area contributed by atoms with Gasteiger partial charge in [-0.1, -0.05) is 30.3 Å². The van der Waals surface area contributed by atoms with Crippen molar-refractivity contribution in [2.75, 3.05) is 6.54 Å². The van der Waals surface area contributed by atoms with Crippen LogP contribution in [0.25, 0.3) is 0 Å². The van der Waals surface area contributed by atoms with E-state index < -0.39 is 5.60 Å². The number of hydrogen-bond donors (Lipinski definition) is 1. The van der Waals surface area contributed by atoms with Crippen LogP contribution < -0.4 is 5.73 Å². The minimum atomic E-state index is -0.474. The molecule has 0 bridgehead atoms. The first-order valence-corrected chi connectivity index (χ1v) is 7.17. The molecule has 1 aromatic carbocycles. The molecule has 0 radical (unpaired) electrons. The largest absolute Gasteiger partial charge is 0.444 e. The van der Waals surface area contributed by atoms with Crippen molar-refractivity contribution >= 4 is 6.09 Å². The van der Waals surface area contributed by atoms with Crippen molar-refractivity contribution in [3.63, 3.8) is 0 Å². The third-order valence-corrected chi connectivity index (χ3v) is 3.46. The first-order chi connectivity index (χ1) is 9.37. The predicted octanol–water partition coefficient (Wildman–Crippen LogP) is 3.09. The second-order valence-corrected chi connectivity index (χ2v) is 6.38. The molecule has 0 saturated carbocycles. The van der Waals surface area contributed by atoms with Crippen LogP contribution in [0.2, 0.25) is 0 Å². The van der Waals surface area contributed by atoms with E-state index >= 15 is 0 Å². The molecule has 0 spiro atoms. The zero-order valence-electron chi connectivity index (χ0n) is 12.5. The molecular weight excluding hydrogens is 252 g/mol. The number of ether oxygens (including phenoxy) is 1. The van der Waals surface area contributed by atoms with E-state index in [1.54, 1.807) is 0 Å². The zero-order chi connectivity index (χ0) is 14.8. The summed E-state index contributed by atoms with van der Waals surface area (Å²) in [6, 6.07) is 10.2. The maximum Gasteiger partial charge on any atom is 0.410 e. The number of amides is 1. The molecule has 1 fully saturated rings. The van der Waals surface area contributed by atoms with Gasteiger partial charge in [-0.25, -0.2) is 4.79 Å². The Bertz CT molecular complexity index is 453. The molecule has 0 aliphatic carbocycles. The number of piperidine rings is 1. The topological polar surface area (TPSA) is 55.6 Å². The smallest absolute Gasteiger partial charge is 0.410 e. The van der Waals surface area contributed by atoms with Crippen LogP contribution in [-0.2, 0) is 4.74 Å². The first-order valence-electron chi connectivity index (χ1n) is 7.17. The van der Waals surface area contributed by atoms with Crippen LogP contribution in [0.1, 0.15) is 45.2 Å². The maximum atomic E-state index is 12.4. The van der Waals surface area contributed by atoms with Gasteiger partial charge in [0, 0.05) is 12.6 Å². The summed E-state index contributed by atoms with van der Waals surface area (Å²) in [7, 11) is 0. The van der Waals surface area contributed by atoms with Gasteiger partial charge in [-0.3, -0.25) is 0 Å². The van der Waals surface area contributed by atoms with E-state index in [9.17, 15) is 4.79 Å². The molecule has 0 unspecified atom stereocenters. The van der Waals surface area contributed by atoms with Crippen LogP contribution in [0, 0.1) is 0 Å². The Kier molecular flexibility index (Phi) is 4.33. The van der Waals surface area contributed by atoms with Gasteiger partial charge in [0.1, 0.15) is 5.60 Å². The van der Waals surface area contributed by atoms with Crippen LogP contribution >= 0.6 is 0 Å². The number of carbonyl (C=O) groups is 1. The lowest BCUT2D eigenvalue weighted by molar-refractivity contribution is 0.00797. The van der Waals surface area contributed by atoms with Crippen LogP contribution in [0.3, 0.4) is 0 Å². The normalized spacial score (nSPS) is 23.5. The van der Waals surface area contributed by atoms with E-state index in [-0.39, 0.29) is 18.2 Å². The van der Waals surface area contributed by atoms with Crippen LogP contribution in [0.4, 0.5) is 4.79 Å². The molecule has 1 aliphatic heterocycles. The fourth-order valence-corrected chi connectivity index (χ4v) is 2.52. The molecule has 110 valence electrons. The van der Waals surface area contributed by atoms with E-state index in [1.165, 1.54) is 0 Å². The van der Waals surface area contributed by atoms with Gasteiger partial charge in [-0.15, -0.1) is 0 Å². The highest BCUT2D eigenvalue weighted by atomic mass is 16.6. The fourth-order valence-electron chi connectivity index (χ4n) is 2.52. The van der Waals surface area contributed by atoms with E-state index in [1.807, 2.05) is 56.0 Å². The summed E-state index contributed by atoms with van der Waals surface area (Å²) in [4.78, 5) is 14.2. The molecule has 2 rings (SSSR count). The first kappa shape index (κ1) is 14.9. The van der Waals surface area contributed by atoms with Crippen molar-refractivity contribution in [3.8, 4) is 0 Å². The third-order valence-electron chi connectivity index (χ3n) is 3.46. The number of nitrogens with two attached hydrogens (primary N) is 1. The molecule has 4 nitrogen and oxygen atoms in total. The van der Waals surface area contributed by atoms with Gasteiger partial charge in [0.05, 0.1) is 6.04 Å². The molecular formula is C16H24N2O2. The minimum absolute atomic E-state index is 0.00907. The lowest BCUT2D eigenvalue weighted by Gasteiger charge is -2.39. The standard InChI is InChI=1S/C16H24N2O2/c1-16(2,3)20-15(19)18-10-9-13(17)11-14(18)12-7-5-4-6-8-12/h4-8,13-14H,9-11,17H2,1-3H3/t13-,14-/m0/s1. The Hall–Kier alpha value is -1.55. The van der Waals surface area contributed by atoms with Crippen molar-refractivity contribution in [1.29, 1.82) is 0 Å². The van der Waals surface area contributed by atoms with Crippen LogP contribution in [0.15, 0.2) is 30.3 Å². The molecule has 1 saturated heterocycles. The summed E-state index contributed by atoms with van der Waals surface area (Å²) >= 11 is 0. The highest BCUT2D eigenvalue weighted by molar-refractivity contribution is 5.69. The molecule has 2 atom stereocenters. The predicted molar refractivity (Wildman–Crippen MR) is 79.3 cm³/mol. The van der Waals surface area contributed by atoms with Gasteiger partial charge in [-0.2, -0.15) is 0 Å². The van der Waals surface area contributed by atoms with Crippen molar-refractivity contribution in [3.05, 3.63) is 35.9 Å². The van der Waals surface area contributed by atoms with Crippen LogP contribution in [0.5, 0.6) is 0 Å². The summed E-state index contributed by atoms with van der Waals surface area (Å²) in [5.41, 5.74) is 6.72. The third kappa shape index (κ3) is 3.73. The minimum Gasteiger partial charge on any atom is -0.444 e. The number of rotatable bonds is 1. The number of likely N-dealkylation sites (tertiary alicyclic amines) is 1. The van der Waals surface area contributed by atoms with E-state index in [2.05, 4.69) is 0 Å². The molecule has 1 aliphatic rings. The van der Waals surface area contributed by atoms with Crippen molar-refractivity contribution in [2.45, 2.75) is 51.3 Å². The Labute approximate surface area is 120 Å². The summed E-state index contributed by atoms with van der Waals surface area (Å²) in [5, 5.41) is 0. The van der Waals surface area contributed by atoms with Gasteiger partial charge in [-0.05, 0) is 39.2 Å². The maximum absolute atomic E-state index is 12.4. The summed E-state index contributed by atoms with van der Waals surface area (Å²) in [6.45, 7) is 6.31. The van der Waals surface area contributed by atoms with Crippen molar-refractivity contribution in [2.24, 2.45) is 5.73 Å². The quantitative estimate of drug-likeness (QED) is 0.857. The molecule has 2 N–H and O–H groups in total. The average Bonchev–Trinajstić information content (AvgIpc) is 2.37. The number of nitrogens with zero attached hydrogens (tertiary/aromatic N) is 1. The fraction of sp³-hybridized carbons (Fsp3) is 0.562. The second kappa shape index (κ2) is 5.83. The van der Waals surface area contributed by atoms with Gasteiger partial charge < -0.3 is 15.4 Å². The van der Waals surface area contributed by atoms with E-state index in [0.29, 0.717) is 6.54 Å². The highest BCUT2D eigenvalue weighted by Crippen LogP contribution is 2.31. The van der Waals surface area contributed by atoms with Gasteiger partial charge >= 0.3 is 6.09 Å². The molecule has 1 aromatic rings. The Balaban J connectivity index is 2.19. The number of carbonyl (C=O) groups excluding carboxylic acids is 1. The Morgan fingerprint density at radius 3 is 2.55 bits per heavy atom. The van der Waals surface area contributed by atoms with E-state index in [4.69, 9.17) is 10.5 Å². The molecule has 1 amide bonds.